The molecular weight excluding hydrogens is 230 g/mol. The van der Waals surface area contributed by atoms with Crippen LogP contribution in [0.2, 0.25) is 0 Å². The summed E-state index contributed by atoms with van der Waals surface area (Å²) >= 11 is 0. The van der Waals surface area contributed by atoms with Crippen LogP contribution in [0.15, 0.2) is 24.3 Å². The minimum absolute atomic E-state index is 0.198. The number of nitrogens with two attached hydrogens (primary N) is 1. The highest BCUT2D eigenvalue weighted by atomic mass is 16.2. The summed E-state index contributed by atoms with van der Waals surface area (Å²) in [6.45, 7) is 0.800. The second-order valence-electron chi connectivity index (χ2n) is 4.45. The summed E-state index contributed by atoms with van der Waals surface area (Å²) in [7, 11) is 0. The maximum Gasteiger partial charge on any atom is 0.309 e. The molecule has 1 aromatic rings. The van der Waals surface area contributed by atoms with E-state index in [9.17, 15) is 9.59 Å². The van der Waals surface area contributed by atoms with Crippen molar-refractivity contribution in [1.82, 2.24) is 10.6 Å². The van der Waals surface area contributed by atoms with Crippen LogP contribution in [0.4, 0.5) is 0 Å². The van der Waals surface area contributed by atoms with Crippen molar-refractivity contribution in [3.8, 4) is 0 Å². The van der Waals surface area contributed by atoms with E-state index in [1.807, 2.05) is 24.3 Å². The molecule has 1 fully saturated rings. The van der Waals surface area contributed by atoms with Crippen LogP contribution in [0.1, 0.15) is 24.0 Å². The van der Waals surface area contributed by atoms with Gasteiger partial charge in [-0.2, -0.15) is 0 Å². The molecule has 0 heterocycles. The van der Waals surface area contributed by atoms with Crippen LogP contribution in [-0.4, -0.2) is 17.9 Å². The van der Waals surface area contributed by atoms with Crippen LogP contribution in [0.25, 0.3) is 0 Å². The zero-order chi connectivity index (χ0) is 13.0. The van der Waals surface area contributed by atoms with Gasteiger partial charge in [-0.1, -0.05) is 24.3 Å². The minimum Gasteiger partial charge on any atom is -0.345 e. The molecule has 0 saturated heterocycles. The molecule has 0 aliphatic heterocycles. The topological polar surface area (TPSA) is 84.2 Å². The van der Waals surface area contributed by atoms with Crippen LogP contribution in [-0.2, 0) is 22.7 Å². The van der Waals surface area contributed by atoms with Crippen molar-refractivity contribution in [2.45, 2.75) is 32.0 Å². The zero-order valence-electron chi connectivity index (χ0n) is 10.1. The number of carbonyl (C=O) groups is 2. The molecule has 2 rings (SSSR count). The molecule has 4 N–H and O–H groups in total. The number of benzene rings is 1. The second kappa shape index (κ2) is 5.64. The highest BCUT2D eigenvalue weighted by Gasteiger charge is 2.26. The van der Waals surface area contributed by atoms with Gasteiger partial charge in [0.2, 0.25) is 0 Å². The van der Waals surface area contributed by atoms with E-state index in [2.05, 4.69) is 10.6 Å². The Hall–Kier alpha value is -1.88. The summed E-state index contributed by atoms with van der Waals surface area (Å²) in [6.07, 6.45) is 1.94. The van der Waals surface area contributed by atoms with Gasteiger partial charge in [0.25, 0.3) is 0 Å². The molecule has 1 aliphatic carbocycles. The Morgan fingerprint density at radius 3 is 2.61 bits per heavy atom. The normalized spacial score (nSPS) is 14.1. The van der Waals surface area contributed by atoms with E-state index < -0.39 is 11.8 Å². The fraction of sp³-hybridized carbons (Fsp3) is 0.385. The number of hydrogen-bond acceptors (Lipinski definition) is 3. The van der Waals surface area contributed by atoms with E-state index >= 15 is 0 Å². The average Bonchev–Trinajstić information content (AvgIpc) is 3.20. The molecule has 0 spiro atoms. The van der Waals surface area contributed by atoms with E-state index in [0.29, 0.717) is 13.1 Å². The first kappa shape index (κ1) is 12.6. The summed E-state index contributed by atoms with van der Waals surface area (Å²) in [5, 5.41) is 5.23. The fourth-order valence-electron chi connectivity index (χ4n) is 1.61. The van der Waals surface area contributed by atoms with E-state index in [0.717, 1.165) is 24.0 Å². The number of hydrogen-bond donors (Lipinski definition) is 3. The Kier molecular flexibility index (Phi) is 3.94. The van der Waals surface area contributed by atoms with Crippen molar-refractivity contribution in [3.05, 3.63) is 35.4 Å². The molecule has 5 nitrogen and oxygen atoms in total. The lowest BCUT2D eigenvalue weighted by Gasteiger charge is -2.06. The summed E-state index contributed by atoms with van der Waals surface area (Å²) in [6, 6.07) is 7.81. The van der Waals surface area contributed by atoms with Gasteiger partial charge in [0.05, 0.1) is 0 Å². The van der Waals surface area contributed by atoms with Crippen molar-refractivity contribution in [3.63, 3.8) is 0 Å². The molecule has 1 saturated carbocycles. The second-order valence-corrected chi connectivity index (χ2v) is 4.45. The molecule has 18 heavy (non-hydrogen) atoms. The molecule has 0 unspecified atom stereocenters. The van der Waals surface area contributed by atoms with Crippen molar-refractivity contribution < 1.29 is 9.59 Å². The standard InChI is InChI=1S/C13H17N3O2/c14-7-9-2-1-3-10(6-9)8-15-12(17)13(18)16-11-4-5-11/h1-3,6,11H,4-5,7-8,14H2,(H,15,17)(H,16,18). The number of amides is 2. The van der Waals surface area contributed by atoms with Gasteiger partial charge in [0.1, 0.15) is 0 Å². The van der Waals surface area contributed by atoms with E-state index in [1.165, 1.54) is 0 Å². The van der Waals surface area contributed by atoms with Gasteiger partial charge < -0.3 is 16.4 Å². The Balaban J connectivity index is 1.82. The Morgan fingerprint density at radius 1 is 1.22 bits per heavy atom. The lowest BCUT2D eigenvalue weighted by Crippen LogP contribution is -2.40. The molecular formula is C13H17N3O2. The van der Waals surface area contributed by atoms with Crippen molar-refractivity contribution in [1.29, 1.82) is 0 Å². The largest absolute Gasteiger partial charge is 0.345 e. The maximum atomic E-state index is 11.5. The molecule has 1 aromatic carbocycles. The third-order valence-electron chi connectivity index (χ3n) is 2.80. The molecule has 0 bridgehead atoms. The van der Waals surface area contributed by atoms with Gasteiger partial charge in [-0.25, -0.2) is 0 Å². The number of nitrogens with one attached hydrogen (secondary N) is 2. The third-order valence-corrected chi connectivity index (χ3v) is 2.80. The molecule has 0 aromatic heterocycles. The number of carbonyl (C=O) groups excluding carboxylic acids is 2. The lowest BCUT2D eigenvalue weighted by atomic mass is 10.1. The zero-order valence-corrected chi connectivity index (χ0v) is 10.1. The molecule has 0 radical (unpaired) electrons. The average molecular weight is 247 g/mol. The summed E-state index contributed by atoms with van der Waals surface area (Å²) < 4.78 is 0. The first-order valence-electron chi connectivity index (χ1n) is 6.05. The Bertz CT molecular complexity index is 455. The summed E-state index contributed by atoms with van der Waals surface area (Å²) in [5.41, 5.74) is 7.47. The van der Waals surface area contributed by atoms with Crippen molar-refractivity contribution >= 4 is 11.8 Å². The first-order chi connectivity index (χ1) is 8.69. The van der Waals surface area contributed by atoms with Gasteiger partial charge in [-0.05, 0) is 24.0 Å². The minimum atomic E-state index is -0.583. The van der Waals surface area contributed by atoms with Crippen LogP contribution in [0.5, 0.6) is 0 Å². The maximum absolute atomic E-state index is 11.5. The summed E-state index contributed by atoms with van der Waals surface area (Å²) in [4.78, 5) is 22.9. The highest BCUT2D eigenvalue weighted by molar-refractivity contribution is 6.35. The molecule has 96 valence electrons. The van der Waals surface area contributed by atoms with Crippen molar-refractivity contribution in [2.75, 3.05) is 0 Å². The van der Waals surface area contributed by atoms with Crippen LogP contribution < -0.4 is 16.4 Å². The van der Waals surface area contributed by atoms with Gasteiger partial charge in [0, 0.05) is 19.1 Å². The van der Waals surface area contributed by atoms with Crippen LogP contribution in [0.3, 0.4) is 0 Å². The monoisotopic (exact) mass is 247 g/mol. The van der Waals surface area contributed by atoms with Crippen molar-refractivity contribution in [2.24, 2.45) is 5.73 Å². The smallest absolute Gasteiger partial charge is 0.309 e. The predicted octanol–water partition coefficient (Wildman–Crippen LogP) is 0.0401. The van der Waals surface area contributed by atoms with E-state index in [-0.39, 0.29) is 6.04 Å². The number of rotatable bonds is 4. The summed E-state index contributed by atoms with van der Waals surface area (Å²) in [5.74, 6) is -1.13. The molecule has 0 atom stereocenters. The van der Waals surface area contributed by atoms with Crippen LogP contribution >= 0.6 is 0 Å². The highest BCUT2D eigenvalue weighted by Crippen LogP contribution is 2.18. The van der Waals surface area contributed by atoms with E-state index in [1.54, 1.807) is 0 Å². The quantitative estimate of drug-likeness (QED) is 0.657. The fourth-order valence-corrected chi connectivity index (χ4v) is 1.61. The molecule has 5 heteroatoms. The SMILES string of the molecule is NCc1cccc(CNC(=O)C(=O)NC2CC2)c1. The Labute approximate surface area is 106 Å². The molecule has 1 aliphatic rings. The lowest BCUT2D eigenvalue weighted by molar-refractivity contribution is -0.139. The van der Waals surface area contributed by atoms with Crippen LogP contribution in [0, 0.1) is 0 Å². The van der Waals surface area contributed by atoms with Gasteiger partial charge in [-0.15, -0.1) is 0 Å². The van der Waals surface area contributed by atoms with Gasteiger partial charge in [-0.3, -0.25) is 9.59 Å². The first-order valence-corrected chi connectivity index (χ1v) is 6.05. The van der Waals surface area contributed by atoms with E-state index in [4.69, 9.17) is 5.73 Å². The van der Waals surface area contributed by atoms with Gasteiger partial charge >= 0.3 is 11.8 Å². The predicted molar refractivity (Wildman–Crippen MR) is 67.3 cm³/mol. The third kappa shape index (κ3) is 3.56. The van der Waals surface area contributed by atoms with Gasteiger partial charge in [0.15, 0.2) is 0 Å². The Morgan fingerprint density at radius 2 is 1.94 bits per heavy atom. The molecule has 2 amide bonds.